The monoisotopic (exact) mass is 579 g/mol. The topological polar surface area (TPSA) is 108 Å². The van der Waals surface area contributed by atoms with Crippen molar-refractivity contribution in [1.29, 1.82) is 5.26 Å². The third-order valence-electron chi connectivity index (χ3n) is 6.34. The lowest BCUT2D eigenvalue weighted by Crippen LogP contribution is -2.26. The number of aromatic nitrogens is 2. The first kappa shape index (κ1) is 27.2. The van der Waals surface area contributed by atoms with E-state index in [0.29, 0.717) is 39.0 Å². The molecule has 0 fully saturated rings. The largest absolute Gasteiger partial charge is 0.496 e. The Morgan fingerprint density at radius 3 is 2.65 bits per heavy atom. The van der Waals surface area contributed by atoms with Gasteiger partial charge in [0.25, 0.3) is 18.2 Å². The number of carbonyl (C=O) groups excluding carboxylic acids is 2. The number of fused-ring (bicyclic) bond motifs is 1. The molecule has 40 heavy (non-hydrogen) atoms. The number of ether oxygens (including phenoxy) is 1. The minimum Gasteiger partial charge on any atom is -0.496 e. The van der Waals surface area contributed by atoms with Gasteiger partial charge in [-0.25, -0.2) is 13.8 Å². The molecule has 2 aromatic carbocycles. The van der Waals surface area contributed by atoms with E-state index in [0.717, 1.165) is 10.9 Å². The fourth-order valence-electron chi connectivity index (χ4n) is 4.37. The lowest BCUT2D eigenvalue weighted by atomic mass is 9.97. The fourth-order valence-corrected chi connectivity index (χ4v) is 5.55. The molecule has 0 spiro atoms. The van der Waals surface area contributed by atoms with Gasteiger partial charge >= 0.3 is 0 Å². The van der Waals surface area contributed by atoms with Crippen LogP contribution in [0.25, 0.3) is 11.1 Å². The summed E-state index contributed by atoms with van der Waals surface area (Å²) in [5.41, 5.74) is 2.78. The van der Waals surface area contributed by atoms with Gasteiger partial charge in [0, 0.05) is 28.6 Å². The SMILES string of the molecule is COc1ccc(C#N)cc1-c1cc(C)ncc1C(=O)Nc1nc2c(s1)CN(C(=O)c1cc(C(F)F)ccc1Cl)C2. The van der Waals surface area contributed by atoms with E-state index in [1.807, 2.05) is 0 Å². The summed E-state index contributed by atoms with van der Waals surface area (Å²) in [6.07, 6.45) is -1.27. The number of amides is 2. The molecule has 2 amide bonds. The number of carbonyl (C=O) groups is 2. The molecule has 0 atom stereocenters. The molecule has 8 nitrogen and oxygen atoms in total. The van der Waals surface area contributed by atoms with Crippen molar-refractivity contribution < 1.29 is 23.1 Å². The molecule has 1 aliphatic rings. The van der Waals surface area contributed by atoms with Crippen LogP contribution in [0, 0.1) is 18.3 Å². The third-order valence-corrected chi connectivity index (χ3v) is 7.67. The Labute approximate surface area is 236 Å². The molecule has 0 saturated heterocycles. The van der Waals surface area contributed by atoms with Crippen molar-refractivity contribution in [2.75, 3.05) is 12.4 Å². The van der Waals surface area contributed by atoms with E-state index >= 15 is 0 Å². The van der Waals surface area contributed by atoms with Gasteiger partial charge in [-0.2, -0.15) is 5.26 Å². The highest BCUT2D eigenvalue weighted by molar-refractivity contribution is 7.16. The normalized spacial score (nSPS) is 12.3. The van der Waals surface area contributed by atoms with Crippen molar-refractivity contribution in [3.63, 3.8) is 0 Å². The van der Waals surface area contributed by atoms with Crippen LogP contribution in [-0.2, 0) is 13.1 Å². The van der Waals surface area contributed by atoms with Crippen LogP contribution >= 0.6 is 22.9 Å². The second kappa shape index (κ2) is 11.0. The number of halogens is 3. The molecule has 0 unspecified atom stereocenters. The first-order chi connectivity index (χ1) is 19.2. The van der Waals surface area contributed by atoms with Gasteiger partial charge in [0.1, 0.15) is 5.75 Å². The second-order valence-electron chi connectivity index (χ2n) is 8.94. The van der Waals surface area contributed by atoms with Crippen LogP contribution in [0.1, 0.15) is 54.5 Å². The number of rotatable bonds is 6. The molecule has 12 heteroatoms. The number of aryl methyl sites for hydroxylation is 1. The molecule has 3 heterocycles. The maximum atomic E-state index is 13.4. The Kier molecular flexibility index (Phi) is 7.47. The average molecular weight is 580 g/mol. The summed E-state index contributed by atoms with van der Waals surface area (Å²) in [7, 11) is 1.51. The second-order valence-corrected chi connectivity index (χ2v) is 10.4. The fraction of sp³-hybridized carbons (Fsp3) is 0.179. The molecule has 202 valence electrons. The molecule has 0 saturated carbocycles. The number of hydrogen-bond donors (Lipinski definition) is 1. The van der Waals surface area contributed by atoms with E-state index in [9.17, 15) is 23.6 Å². The van der Waals surface area contributed by atoms with E-state index in [-0.39, 0.29) is 34.8 Å². The van der Waals surface area contributed by atoms with Gasteiger partial charge in [-0.3, -0.25) is 19.9 Å². The Morgan fingerprint density at radius 2 is 1.95 bits per heavy atom. The van der Waals surface area contributed by atoms with Gasteiger partial charge in [-0.1, -0.05) is 29.0 Å². The van der Waals surface area contributed by atoms with E-state index < -0.39 is 18.2 Å². The zero-order valence-electron chi connectivity index (χ0n) is 21.2. The molecular formula is C28H20ClF2N5O3S. The molecule has 1 aliphatic heterocycles. The van der Waals surface area contributed by atoms with Crippen molar-refractivity contribution in [3.05, 3.63) is 92.2 Å². The van der Waals surface area contributed by atoms with Crippen LogP contribution in [0.3, 0.4) is 0 Å². The first-order valence-corrected chi connectivity index (χ1v) is 13.1. The minimum atomic E-state index is -2.72. The average Bonchev–Trinajstić information content (AvgIpc) is 3.51. The number of thiazole rings is 1. The predicted octanol–water partition coefficient (Wildman–Crippen LogP) is 6.39. The molecule has 0 aliphatic carbocycles. The maximum Gasteiger partial charge on any atom is 0.263 e. The van der Waals surface area contributed by atoms with Crippen molar-refractivity contribution in [3.8, 4) is 22.9 Å². The summed E-state index contributed by atoms with van der Waals surface area (Å²) in [5.74, 6) is -0.439. The van der Waals surface area contributed by atoms with Gasteiger partial charge in [-0.05, 0) is 43.3 Å². The lowest BCUT2D eigenvalue weighted by Gasteiger charge is -2.17. The predicted molar refractivity (Wildman–Crippen MR) is 146 cm³/mol. The summed E-state index contributed by atoms with van der Waals surface area (Å²) in [6.45, 7) is 2.14. The number of alkyl halides is 2. The Balaban J connectivity index is 1.36. The van der Waals surface area contributed by atoms with Crippen molar-refractivity contribution in [2.45, 2.75) is 26.4 Å². The number of nitrogens with zero attached hydrogens (tertiary/aromatic N) is 4. The van der Waals surface area contributed by atoms with E-state index in [4.69, 9.17) is 16.3 Å². The van der Waals surface area contributed by atoms with Crippen LogP contribution in [0.15, 0.2) is 48.7 Å². The molecular weight excluding hydrogens is 560 g/mol. The van der Waals surface area contributed by atoms with Crippen LogP contribution in [0.5, 0.6) is 5.75 Å². The summed E-state index contributed by atoms with van der Waals surface area (Å²) >= 11 is 7.34. The van der Waals surface area contributed by atoms with Crippen LogP contribution in [0.2, 0.25) is 5.02 Å². The van der Waals surface area contributed by atoms with Gasteiger partial charge in [0.2, 0.25) is 0 Å². The van der Waals surface area contributed by atoms with Gasteiger partial charge < -0.3 is 9.64 Å². The van der Waals surface area contributed by atoms with Gasteiger partial charge in [0.15, 0.2) is 5.13 Å². The maximum absolute atomic E-state index is 13.4. The van der Waals surface area contributed by atoms with Crippen molar-refractivity contribution >= 4 is 39.9 Å². The number of nitriles is 1. The molecule has 2 aromatic heterocycles. The highest BCUT2D eigenvalue weighted by Crippen LogP contribution is 2.36. The Hall–Kier alpha value is -4.40. The first-order valence-electron chi connectivity index (χ1n) is 11.9. The van der Waals surface area contributed by atoms with E-state index in [1.165, 1.54) is 41.7 Å². The van der Waals surface area contributed by atoms with Gasteiger partial charge in [0.05, 0.1) is 58.6 Å². The number of nitrogens with one attached hydrogen (secondary N) is 1. The molecule has 4 aromatic rings. The number of benzene rings is 2. The molecule has 5 rings (SSSR count). The molecule has 1 N–H and O–H groups in total. The number of hydrogen-bond acceptors (Lipinski definition) is 7. The van der Waals surface area contributed by atoms with E-state index in [2.05, 4.69) is 21.4 Å². The molecule has 0 bridgehead atoms. The number of anilines is 1. The number of methoxy groups -OCH3 is 1. The number of pyridine rings is 1. The summed E-state index contributed by atoms with van der Waals surface area (Å²) < 4.78 is 31.7. The van der Waals surface area contributed by atoms with Crippen molar-refractivity contribution in [2.24, 2.45) is 0 Å². The summed E-state index contributed by atoms with van der Waals surface area (Å²) in [5, 5.41) is 12.6. The zero-order valence-corrected chi connectivity index (χ0v) is 22.7. The van der Waals surface area contributed by atoms with Crippen LogP contribution in [-0.4, -0.2) is 33.8 Å². The van der Waals surface area contributed by atoms with Crippen LogP contribution in [0.4, 0.5) is 13.9 Å². The highest BCUT2D eigenvalue weighted by Gasteiger charge is 2.30. The summed E-state index contributed by atoms with van der Waals surface area (Å²) in [6, 6.07) is 12.4. The quantitative estimate of drug-likeness (QED) is 0.283. The van der Waals surface area contributed by atoms with E-state index in [1.54, 1.807) is 31.2 Å². The Bertz CT molecular complexity index is 1680. The standard InChI is InChI=1S/C28H20ClF2N5O3S/c1-14-7-17(18-8-15(10-32)3-6-23(18)39-2)20(11-33-14)26(37)35-28-34-22-12-36(13-24(22)40-28)27(38)19-9-16(25(30)31)4-5-21(19)29/h3-9,11,25H,12-13H2,1-2H3,(H,34,35,37). The van der Waals surface area contributed by atoms with Gasteiger partial charge in [-0.15, -0.1) is 0 Å². The summed E-state index contributed by atoms with van der Waals surface area (Å²) in [4.78, 5) is 37.4. The minimum absolute atomic E-state index is 0.00144. The third kappa shape index (κ3) is 5.23. The lowest BCUT2D eigenvalue weighted by molar-refractivity contribution is 0.0750. The smallest absolute Gasteiger partial charge is 0.263 e. The Morgan fingerprint density at radius 1 is 1.15 bits per heavy atom. The van der Waals surface area contributed by atoms with Crippen molar-refractivity contribution in [1.82, 2.24) is 14.9 Å². The zero-order chi connectivity index (χ0) is 28.6. The van der Waals surface area contributed by atoms with Crippen LogP contribution < -0.4 is 10.1 Å². The highest BCUT2D eigenvalue weighted by atomic mass is 35.5. The molecule has 0 radical (unpaired) electrons.